The van der Waals surface area contributed by atoms with Crippen LogP contribution < -0.4 is 10.5 Å². The topological polar surface area (TPSA) is 92.8 Å². The van der Waals surface area contributed by atoms with Crippen molar-refractivity contribution in [1.29, 1.82) is 0 Å². The van der Waals surface area contributed by atoms with Crippen molar-refractivity contribution < 1.29 is 19.7 Å². The number of hydrogen-bond donors (Lipinski definition) is 3. The van der Waals surface area contributed by atoms with Gasteiger partial charge in [0.05, 0.1) is 0 Å². The molecule has 0 saturated heterocycles. The van der Waals surface area contributed by atoms with Gasteiger partial charge >= 0.3 is 5.97 Å². The van der Waals surface area contributed by atoms with E-state index in [1.165, 1.54) is 19.1 Å². The van der Waals surface area contributed by atoms with E-state index in [1.807, 2.05) is 13.8 Å². The smallest absolute Gasteiger partial charge is 0.308 e. The SMILES string of the molecule is CC(=O)Oc1ccc([C@@H](N)C(C)(C)CO)cc1O.Cl. The number of aromatic hydroxyl groups is 1. The number of nitrogens with two attached hydrogens (primary N) is 1. The first-order valence-electron chi connectivity index (χ1n) is 5.65. The second kappa shape index (κ2) is 6.75. The molecule has 108 valence electrons. The highest BCUT2D eigenvalue weighted by Crippen LogP contribution is 2.35. The number of phenols is 1. The Morgan fingerprint density at radius 3 is 2.47 bits per heavy atom. The zero-order chi connectivity index (χ0) is 13.9. The molecule has 1 rings (SSSR count). The van der Waals surface area contributed by atoms with Crippen molar-refractivity contribution in [3.63, 3.8) is 0 Å². The molecule has 0 spiro atoms. The molecule has 1 aromatic rings. The van der Waals surface area contributed by atoms with Crippen LogP contribution in [0.1, 0.15) is 32.4 Å². The summed E-state index contributed by atoms with van der Waals surface area (Å²) >= 11 is 0. The summed E-state index contributed by atoms with van der Waals surface area (Å²) < 4.78 is 4.81. The van der Waals surface area contributed by atoms with E-state index in [1.54, 1.807) is 6.07 Å². The molecule has 4 N–H and O–H groups in total. The fourth-order valence-electron chi connectivity index (χ4n) is 1.52. The van der Waals surface area contributed by atoms with Crippen LogP contribution in [-0.4, -0.2) is 22.8 Å². The Labute approximate surface area is 118 Å². The molecule has 0 aromatic heterocycles. The number of rotatable bonds is 4. The molecule has 0 amide bonds. The van der Waals surface area contributed by atoms with Gasteiger partial charge in [-0.15, -0.1) is 12.4 Å². The van der Waals surface area contributed by atoms with Crippen molar-refractivity contribution >= 4 is 18.4 Å². The molecular formula is C13H20ClNO4. The third kappa shape index (κ3) is 4.38. The molecule has 19 heavy (non-hydrogen) atoms. The molecule has 0 radical (unpaired) electrons. The summed E-state index contributed by atoms with van der Waals surface area (Å²) in [5, 5.41) is 19.0. The van der Waals surface area contributed by atoms with Gasteiger partial charge in [-0.3, -0.25) is 4.79 Å². The van der Waals surface area contributed by atoms with Crippen molar-refractivity contribution in [2.24, 2.45) is 11.1 Å². The predicted octanol–water partition coefficient (Wildman–Crippen LogP) is 1.76. The van der Waals surface area contributed by atoms with Crippen molar-refractivity contribution in [3.8, 4) is 11.5 Å². The van der Waals surface area contributed by atoms with Gasteiger partial charge in [-0.1, -0.05) is 19.9 Å². The van der Waals surface area contributed by atoms with Crippen LogP contribution >= 0.6 is 12.4 Å². The lowest BCUT2D eigenvalue weighted by molar-refractivity contribution is -0.132. The minimum atomic E-state index is -0.505. The first kappa shape index (κ1) is 17.7. The molecule has 1 atom stereocenters. The molecule has 0 aliphatic heterocycles. The van der Waals surface area contributed by atoms with Crippen molar-refractivity contribution in [2.45, 2.75) is 26.8 Å². The maximum atomic E-state index is 10.8. The van der Waals surface area contributed by atoms with Crippen LogP contribution in [0, 0.1) is 5.41 Å². The molecular weight excluding hydrogens is 270 g/mol. The predicted molar refractivity (Wildman–Crippen MR) is 74.5 cm³/mol. The highest BCUT2D eigenvalue weighted by atomic mass is 35.5. The normalized spacial score (nSPS) is 12.5. The molecule has 0 bridgehead atoms. The molecule has 0 heterocycles. The van der Waals surface area contributed by atoms with Gasteiger partial charge in [0, 0.05) is 25.0 Å². The van der Waals surface area contributed by atoms with Crippen LogP contribution in [0.25, 0.3) is 0 Å². The number of ether oxygens (including phenoxy) is 1. The van der Waals surface area contributed by atoms with Crippen LogP contribution in [0.4, 0.5) is 0 Å². The monoisotopic (exact) mass is 289 g/mol. The van der Waals surface area contributed by atoms with Gasteiger partial charge in [-0.25, -0.2) is 0 Å². The number of aliphatic hydroxyl groups is 1. The Hall–Kier alpha value is -1.30. The Bertz CT molecular complexity index is 448. The van der Waals surface area contributed by atoms with E-state index >= 15 is 0 Å². The van der Waals surface area contributed by atoms with E-state index in [0.717, 1.165) is 0 Å². The van der Waals surface area contributed by atoms with Gasteiger partial charge in [0.25, 0.3) is 0 Å². The lowest BCUT2D eigenvalue weighted by Gasteiger charge is -2.29. The quantitative estimate of drug-likeness (QED) is 0.580. The number of esters is 1. The maximum Gasteiger partial charge on any atom is 0.308 e. The van der Waals surface area contributed by atoms with Crippen LogP contribution in [0.15, 0.2) is 18.2 Å². The minimum absolute atomic E-state index is 0. The highest BCUT2D eigenvalue weighted by Gasteiger charge is 2.27. The zero-order valence-corrected chi connectivity index (χ0v) is 12.0. The Kier molecular flexibility index (Phi) is 6.29. The molecule has 0 saturated carbocycles. The standard InChI is InChI=1S/C13H19NO4.ClH/c1-8(16)18-11-5-4-9(6-10(11)17)12(14)13(2,3)7-15;/h4-6,12,15,17H,7,14H2,1-3H3;1H/t12-;/m1./s1. The molecule has 0 fully saturated rings. The summed E-state index contributed by atoms with van der Waals surface area (Å²) in [7, 11) is 0. The van der Waals surface area contributed by atoms with Crippen LogP contribution in [0.2, 0.25) is 0 Å². The molecule has 0 aliphatic carbocycles. The number of benzene rings is 1. The van der Waals surface area contributed by atoms with Crippen molar-refractivity contribution in [2.75, 3.05) is 6.61 Å². The molecule has 0 unspecified atom stereocenters. The van der Waals surface area contributed by atoms with Crippen molar-refractivity contribution in [3.05, 3.63) is 23.8 Å². The van der Waals surface area contributed by atoms with E-state index in [9.17, 15) is 15.0 Å². The van der Waals surface area contributed by atoms with Gasteiger partial charge in [0.15, 0.2) is 11.5 Å². The number of hydrogen-bond acceptors (Lipinski definition) is 5. The molecule has 6 heteroatoms. The van der Waals surface area contributed by atoms with Crippen LogP contribution in [0.3, 0.4) is 0 Å². The second-order valence-corrected chi connectivity index (χ2v) is 4.95. The number of aliphatic hydroxyl groups excluding tert-OH is 1. The Morgan fingerprint density at radius 2 is 2.05 bits per heavy atom. The van der Waals surface area contributed by atoms with Gasteiger partial charge in [0.2, 0.25) is 0 Å². The zero-order valence-electron chi connectivity index (χ0n) is 11.2. The van der Waals surface area contributed by atoms with E-state index in [4.69, 9.17) is 10.5 Å². The minimum Gasteiger partial charge on any atom is -0.504 e. The van der Waals surface area contributed by atoms with Gasteiger partial charge in [-0.05, 0) is 17.7 Å². The molecule has 0 aliphatic rings. The summed E-state index contributed by atoms with van der Waals surface area (Å²) in [6.45, 7) is 4.85. The number of carbonyl (C=O) groups is 1. The lowest BCUT2D eigenvalue weighted by atomic mass is 9.82. The van der Waals surface area contributed by atoms with Gasteiger partial charge < -0.3 is 20.7 Å². The largest absolute Gasteiger partial charge is 0.504 e. The number of phenolic OH excluding ortho intramolecular Hbond substituents is 1. The van der Waals surface area contributed by atoms with Crippen LogP contribution in [-0.2, 0) is 4.79 Å². The Morgan fingerprint density at radius 1 is 1.47 bits per heavy atom. The highest BCUT2D eigenvalue weighted by molar-refractivity contribution is 5.85. The van der Waals surface area contributed by atoms with Crippen molar-refractivity contribution in [1.82, 2.24) is 0 Å². The fourth-order valence-corrected chi connectivity index (χ4v) is 1.52. The first-order valence-corrected chi connectivity index (χ1v) is 5.65. The number of halogens is 1. The van der Waals surface area contributed by atoms with E-state index in [0.29, 0.717) is 5.56 Å². The van der Waals surface area contributed by atoms with E-state index in [2.05, 4.69) is 0 Å². The lowest BCUT2D eigenvalue weighted by Crippen LogP contribution is -2.32. The summed E-state index contributed by atoms with van der Waals surface area (Å²) in [6.07, 6.45) is 0. The van der Waals surface area contributed by atoms with E-state index < -0.39 is 17.4 Å². The third-order valence-electron chi connectivity index (χ3n) is 2.85. The fraction of sp³-hybridized carbons (Fsp3) is 0.462. The summed E-state index contributed by atoms with van der Waals surface area (Å²) in [6, 6.07) is 4.17. The van der Waals surface area contributed by atoms with Crippen LogP contribution in [0.5, 0.6) is 11.5 Å². The summed E-state index contributed by atoms with van der Waals surface area (Å²) in [4.78, 5) is 10.8. The number of carbonyl (C=O) groups excluding carboxylic acids is 1. The molecule has 5 nitrogen and oxygen atoms in total. The van der Waals surface area contributed by atoms with E-state index in [-0.39, 0.29) is 30.5 Å². The second-order valence-electron chi connectivity index (χ2n) is 4.95. The first-order chi connectivity index (χ1) is 8.27. The summed E-state index contributed by atoms with van der Waals surface area (Å²) in [5.41, 5.74) is 6.19. The summed E-state index contributed by atoms with van der Waals surface area (Å²) in [5.74, 6) is -0.551. The Balaban J connectivity index is 0.00000324. The third-order valence-corrected chi connectivity index (χ3v) is 2.85. The maximum absolute atomic E-state index is 10.8. The average Bonchev–Trinajstić information content (AvgIpc) is 2.30. The van der Waals surface area contributed by atoms with Gasteiger partial charge in [0.1, 0.15) is 0 Å². The van der Waals surface area contributed by atoms with Gasteiger partial charge in [-0.2, -0.15) is 0 Å². The average molecular weight is 290 g/mol. The molecule has 1 aromatic carbocycles.